The normalized spacial score (nSPS) is 52.5. The highest BCUT2D eigenvalue weighted by molar-refractivity contribution is 5.87. The summed E-state index contributed by atoms with van der Waals surface area (Å²) in [6.45, 7) is 4.52. The molecule has 4 fully saturated rings. The Balaban J connectivity index is 1.72. The van der Waals surface area contributed by atoms with Crippen LogP contribution in [-0.4, -0.2) is 17.9 Å². The SMILES string of the molecule is C[C@]12CCC(=O)CC1C(C=O)C[C@@H]1[C@H]2CC[C@]2(C)C(=O)CC[C@@H]12. The molecule has 4 saturated carbocycles. The van der Waals surface area contributed by atoms with Gasteiger partial charge in [-0.2, -0.15) is 0 Å². The average Bonchev–Trinajstić information content (AvgIpc) is 2.83. The summed E-state index contributed by atoms with van der Waals surface area (Å²) in [7, 11) is 0. The van der Waals surface area contributed by atoms with Gasteiger partial charge in [0.2, 0.25) is 0 Å². The molecule has 3 heteroatoms. The van der Waals surface area contributed by atoms with E-state index < -0.39 is 0 Å². The van der Waals surface area contributed by atoms with Crippen molar-refractivity contribution in [1.82, 2.24) is 0 Å². The summed E-state index contributed by atoms with van der Waals surface area (Å²) in [5, 5.41) is 0. The summed E-state index contributed by atoms with van der Waals surface area (Å²) in [6, 6.07) is 0. The van der Waals surface area contributed by atoms with Crippen LogP contribution in [0.3, 0.4) is 0 Å². The Labute approximate surface area is 138 Å². The van der Waals surface area contributed by atoms with Crippen LogP contribution in [0.4, 0.5) is 0 Å². The largest absolute Gasteiger partial charge is 0.303 e. The van der Waals surface area contributed by atoms with Gasteiger partial charge in [0.05, 0.1) is 0 Å². The van der Waals surface area contributed by atoms with E-state index in [1.54, 1.807) is 0 Å². The number of rotatable bonds is 1. The highest BCUT2D eigenvalue weighted by atomic mass is 16.1. The summed E-state index contributed by atoms with van der Waals surface area (Å²) in [6.07, 6.45) is 8.13. The molecule has 126 valence electrons. The predicted octanol–water partition coefficient (Wildman–Crippen LogP) is 3.59. The second-order valence-electron chi connectivity index (χ2n) is 9.19. The monoisotopic (exact) mass is 316 g/mol. The first-order chi connectivity index (χ1) is 10.9. The van der Waals surface area contributed by atoms with Crippen LogP contribution in [0.1, 0.15) is 65.2 Å². The molecule has 4 aliphatic rings. The highest BCUT2D eigenvalue weighted by Crippen LogP contribution is 2.66. The molecule has 0 aliphatic heterocycles. The molecule has 0 aromatic rings. The molecule has 0 spiro atoms. The fourth-order valence-electron chi connectivity index (χ4n) is 7.11. The average molecular weight is 316 g/mol. The zero-order chi connectivity index (χ0) is 16.4. The van der Waals surface area contributed by atoms with Crippen LogP contribution in [0.15, 0.2) is 0 Å². The fourth-order valence-corrected chi connectivity index (χ4v) is 7.11. The summed E-state index contributed by atoms with van der Waals surface area (Å²) in [5.74, 6) is 2.62. The lowest BCUT2D eigenvalue weighted by atomic mass is 9.43. The van der Waals surface area contributed by atoms with Crippen molar-refractivity contribution in [3.63, 3.8) is 0 Å². The maximum Gasteiger partial charge on any atom is 0.139 e. The number of carbonyl (C=O) groups is 3. The molecule has 7 atom stereocenters. The lowest BCUT2D eigenvalue weighted by Gasteiger charge is -2.60. The van der Waals surface area contributed by atoms with Crippen molar-refractivity contribution in [3.05, 3.63) is 0 Å². The first-order valence-electron chi connectivity index (χ1n) is 9.40. The molecule has 3 nitrogen and oxygen atoms in total. The molecular weight excluding hydrogens is 288 g/mol. The smallest absolute Gasteiger partial charge is 0.139 e. The van der Waals surface area contributed by atoms with Crippen molar-refractivity contribution >= 4 is 17.9 Å². The second kappa shape index (κ2) is 5.00. The zero-order valence-electron chi connectivity index (χ0n) is 14.3. The van der Waals surface area contributed by atoms with Gasteiger partial charge in [-0.25, -0.2) is 0 Å². The second-order valence-corrected chi connectivity index (χ2v) is 9.19. The van der Waals surface area contributed by atoms with E-state index in [0.29, 0.717) is 42.2 Å². The maximum atomic E-state index is 12.4. The maximum absolute atomic E-state index is 12.4. The third-order valence-electron chi connectivity index (χ3n) is 8.47. The van der Waals surface area contributed by atoms with Gasteiger partial charge in [-0.1, -0.05) is 13.8 Å². The Morgan fingerprint density at radius 2 is 1.78 bits per heavy atom. The van der Waals surface area contributed by atoms with E-state index in [1.807, 2.05) is 0 Å². The molecular formula is C20H28O3. The van der Waals surface area contributed by atoms with Crippen LogP contribution in [0.5, 0.6) is 0 Å². The van der Waals surface area contributed by atoms with Crippen LogP contribution >= 0.6 is 0 Å². The van der Waals surface area contributed by atoms with Crippen LogP contribution in [-0.2, 0) is 14.4 Å². The third kappa shape index (κ3) is 1.97. The molecule has 0 N–H and O–H groups in total. The molecule has 0 amide bonds. The van der Waals surface area contributed by atoms with Crippen molar-refractivity contribution in [2.24, 2.45) is 40.4 Å². The van der Waals surface area contributed by atoms with E-state index in [-0.39, 0.29) is 22.7 Å². The van der Waals surface area contributed by atoms with Crippen molar-refractivity contribution in [2.45, 2.75) is 65.2 Å². The first kappa shape index (κ1) is 15.5. The Morgan fingerprint density at radius 1 is 1.00 bits per heavy atom. The highest BCUT2D eigenvalue weighted by Gasteiger charge is 2.62. The number of ketones is 2. The minimum atomic E-state index is -0.137. The molecule has 0 bridgehead atoms. The van der Waals surface area contributed by atoms with Gasteiger partial charge >= 0.3 is 0 Å². The molecule has 0 radical (unpaired) electrons. The van der Waals surface area contributed by atoms with Crippen LogP contribution in [0, 0.1) is 40.4 Å². The van der Waals surface area contributed by atoms with Gasteiger partial charge in [0.15, 0.2) is 0 Å². The van der Waals surface area contributed by atoms with Gasteiger partial charge in [-0.05, 0) is 61.2 Å². The molecule has 0 saturated heterocycles. The minimum Gasteiger partial charge on any atom is -0.303 e. The summed E-state index contributed by atoms with van der Waals surface area (Å²) in [5.41, 5.74) is -0.0162. The quantitative estimate of drug-likeness (QED) is 0.695. The van der Waals surface area contributed by atoms with E-state index in [4.69, 9.17) is 0 Å². The summed E-state index contributed by atoms with van der Waals surface area (Å²) < 4.78 is 0. The van der Waals surface area contributed by atoms with Crippen LogP contribution < -0.4 is 0 Å². The van der Waals surface area contributed by atoms with Gasteiger partial charge in [-0.15, -0.1) is 0 Å². The van der Waals surface area contributed by atoms with E-state index >= 15 is 0 Å². The number of aldehydes is 1. The van der Waals surface area contributed by atoms with E-state index in [9.17, 15) is 14.4 Å². The van der Waals surface area contributed by atoms with Gasteiger partial charge < -0.3 is 4.79 Å². The number of hydrogen-bond acceptors (Lipinski definition) is 3. The molecule has 23 heavy (non-hydrogen) atoms. The Morgan fingerprint density at radius 3 is 2.52 bits per heavy atom. The Kier molecular flexibility index (Phi) is 3.38. The van der Waals surface area contributed by atoms with Crippen molar-refractivity contribution in [1.29, 1.82) is 0 Å². The summed E-state index contributed by atoms with van der Waals surface area (Å²) in [4.78, 5) is 36.2. The molecule has 2 unspecified atom stereocenters. The topological polar surface area (TPSA) is 51.2 Å². The van der Waals surface area contributed by atoms with Gasteiger partial charge in [0.25, 0.3) is 0 Å². The van der Waals surface area contributed by atoms with Crippen molar-refractivity contribution < 1.29 is 14.4 Å². The molecule has 0 aromatic heterocycles. The van der Waals surface area contributed by atoms with Crippen LogP contribution in [0.25, 0.3) is 0 Å². The van der Waals surface area contributed by atoms with Crippen molar-refractivity contribution in [2.75, 3.05) is 0 Å². The van der Waals surface area contributed by atoms with E-state index in [2.05, 4.69) is 13.8 Å². The Hall–Kier alpha value is -0.990. The summed E-state index contributed by atoms with van der Waals surface area (Å²) >= 11 is 0. The molecule has 0 heterocycles. The standard InChI is InChI=1S/C20H28O3/c1-19-7-5-13(22)10-17(19)12(11-21)9-14-15-3-4-18(23)20(15,2)8-6-16(14)19/h11-12,14-17H,3-10H2,1-2H3/t12?,14-,15-,16+,17?,19+,20-/m0/s1. The Bertz CT molecular complexity index is 567. The number of Topliss-reactive ketones (excluding diaryl/α,β-unsaturated/α-hetero) is 2. The fraction of sp³-hybridized carbons (Fsp3) is 0.850. The van der Waals surface area contributed by atoms with Gasteiger partial charge in [0.1, 0.15) is 17.9 Å². The molecule has 0 aromatic carbocycles. The van der Waals surface area contributed by atoms with Gasteiger partial charge in [0, 0.05) is 30.6 Å². The van der Waals surface area contributed by atoms with Crippen molar-refractivity contribution in [3.8, 4) is 0 Å². The third-order valence-corrected chi connectivity index (χ3v) is 8.47. The van der Waals surface area contributed by atoms with E-state index in [1.165, 1.54) is 0 Å². The number of fused-ring (bicyclic) bond motifs is 5. The first-order valence-corrected chi connectivity index (χ1v) is 9.40. The van der Waals surface area contributed by atoms with E-state index in [0.717, 1.165) is 44.8 Å². The number of carbonyl (C=O) groups excluding carboxylic acids is 3. The lowest BCUT2D eigenvalue weighted by molar-refractivity contribution is -0.155. The number of hydrogen-bond donors (Lipinski definition) is 0. The van der Waals surface area contributed by atoms with Crippen LogP contribution in [0.2, 0.25) is 0 Å². The molecule has 4 aliphatic carbocycles. The predicted molar refractivity (Wildman–Crippen MR) is 86.7 cm³/mol. The lowest BCUT2D eigenvalue weighted by Crippen LogP contribution is -2.56. The van der Waals surface area contributed by atoms with Gasteiger partial charge in [-0.3, -0.25) is 9.59 Å². The zero-order valence-corrected chi connectivity index (χ0v) is 14.3. The molecule has 4 rings (SSSR count). The minimum absolute atomic E-state index is 0.0172.